The van der Waals surface area contributed by atoms with Gasteiger partial charge >= 0.3 is 5.97 Å². The summed E-state index contributed by atoms with van der Waals surface area (Å²) in [4.78, 5) is 12.4. The number of nitriles is 1. The van der Waals surface area contributed by atoms with Gasteiger partial charge in [0.25, 0.3) is 0 Å². The second kappa shape index (κ2) is 7.49. The Bertz CT molecular complexity index is 823. The van der Waals surface area contributed by atoms with Gasteiger partial charge in [0.2, 0.25) is 5.88 Å². The molecule has 0 aliphatic carbocycles. The lowest BCUT2D eigenvalue weighted by Crippen LogP contribution is -2.25. The lowest BCUT2D eigenvalue weighted by Gasteiger charge is -2.27. The predicted octanol–water partition coefficient (Wildman–Crippen LogP) is 2.81. The van der Waals surface area contributed by atoms with Crippen LogP contribution in [0.4, 0.5) is 0 Å². The van der Waals surface area contributed by atoms with Gasteiger partial charge in [-0.2, -0.15) is 5.26 Å². The van der Waals surface area contributed by atoms with Crippen molar-refractivity contribution in [1.82, 2.24) is 0 Å². The van der Waals surface area contributed by atoms with Crippen molar-refractivity contribution in [3.63, 3.8) is 0 Å². The number of hydrogen-bond acceptors (Lipinski definition) is 7. The molecule has 1 aromatic rings. The molecule has 1 unspecified atom stereocenters. The van der Waals surface area contributed by atoms with Crippen LogP contribution >= 0.6 is 15.9 Å². The summed E-state index contributed by atoms with van der Waals surface area (Å²) in [7, 11) is 1.47. The first-order chi connectivity index (χ1) is 11.8. The molecule has 1 aliphatic rings. The van der Waals surface area contributed by atoms with E-state index in [1.807, 2.05) is 6.07 Å². The van der Waals surface area contributed by atoms with E-state index in [-0.39, 0.29) is 40.7 Å². The monoisotopic (exact) mass is 408 g/mol. The predicted molar refractivity (Wildman–Crippen MR) is 92.3 cm³/mol. The smallest absolute Gasteiger partial charge is 0.338 e. The van der Waals surface area contributed by atoms with E-state index in [0.29, 0.717) is 10.2 Å². The van der Waals surface area contributed by atoms with Crippen LogP contribution in [0.3, 0.4) is 0 Å². The minimum Gasteiger partial charge on any atom is -0.508 e. The van der Waals surface area contributed by atoms with Crippen LogP contribution in [0.2, 0.25) is 0 Å². The number of allylic oxidation sites excluding steroid dienone is 2. The average molecular weight is 409 g/mol. The third kappa shape index (κ3) is 3.42. The van der Waals surface area contributed by atoms with Crippen molar-refractivity contribution in [2.75, 3.05) is 13.7 Å². The number of methoxy groups -OCH3 is 1. The van der Waals surface area contributed by atoms with Crippen molar-refractivity contribution in [3.8, 4) is 17.6 Å². The average Bonchev–Trinajstić information content (AvgIpc) is 2.54. The Morgan fingerprint density at radius 1 is 1.52 bits per heavy atom. The normalized spacial score (nSPS) is 17.0. The molecule has 2 rings (SSSR count). The number of rotatable bonds is 4. The first-order valence-corrected chi connectivity index (χ1v) is 8.16. The first-order valence-electron chi connectivity index (χ1n) is 7.37. The third-order valence-electron chi connectivity index (χ3n) is 3.71. The molecule has 0 saturated heterocycles. The molecule has 25 heavy (non-hydrogen) atoms. The largest absolute Gasteiger partial charge is 0.508 e. The van der Waals surface area contributed by atoms with Gasteiger partial charge in [-0.3, -0.25) is 0 Å². The first kappa shape index (κ1) is 18.7. The molecule has 1 heterocycles. The van der Waals surface area contributed by atoms with Crippen molar-refractivity contribution in [3.05, 3.63) is 45.0 Å². The minimum atomic E-state index is -0.931. The van der Waals surface area contributed by atoms with E-state index < -0.39 is 11.9 Å². The molecule has 0 spiro atoms. The van der Waals surface area contributed by atoms with Crippen LogP contribution in [-0.4, -0.2) is 24.8 Å². The van der Waals surface area contributed by atoms with Crippen LogP contribution in [0, 0.1) is 11.3 Å². The number of aromatic hydroxyl groups is 1. The number of ether oxygens (including phenoxy) is 3. The number of phenolic OH excluding ortho intramolecular Hbond substituents is 1. The lowest BCUT2D eigenvalue weighted by atomic mass is 9.82. The van der Waals surface area contributed by atoms with Gasteiger partial charge in [0.1, 0.15) is 28.9 Å². The molecule has 1 aliphatic heterocycles. The van der Waals surface area contributed by atoms with E-state index in [1.54, 1.807) is 13.8 Å². The molecular weight excluding hydrogens is 392 g/mol. The number of halogens is 1. The number of nitrogens with zero attached hydrogens (tertiary/aromatic N) is 1. The van der Waals surface area contributed by atoms with E-state index >= 15 is 0 Å². The highest BCUT2D eigenvalue weighted by atomic mass is 79.9. The molecule has 0 bridgehead atoms. The zero-order chi connectivity index (χ0) is 18.7. The van der Waals surface area contributed by atoms with E-state index in [2.05, 4.69) is 15.9 Å². The molecule has 0 amide bonds. The number of carbonyl (C=O) groups excluding carboxylic acids is 1. The molecular formula is C17H17BrN2O5. The Labute approximate surface area is 153 Å². The molecule has 0 aromatic heterocycles. The van der Waals surface area contributed by atoms with Crippen molar-refractivity contribution in [2.24, 2.45) is 5.73 Å². The summed E-state index contributed by atoms with van der Waals surface area (Å²) in [5.41, 5.74) is 6.22. The highest BCUT2D eigenvalue weighted by Crippen LogP contribution is 2.45. The summed E-state index contributed by atoms with van der Waals surface area (Å²) < 4.78 is 16.2. The summed E-state index contributed by atoms with van der Waals surface area (Å²) >= 11 is 3.28. The van der Waals surface area contributed by atoms with Crippen LogP contribution in [0.25, 0.3) is 0 Å². The minimum absolute atomic E-state index is 0.00771. The van der Waals surface area contributed by atoms with Crippen LogP contribution in [0.5, 0.6) is 11.5 Å². The summed E-state index contributed by atoms with van der Waals surface area (Å²) in [6.07, 6.45) is 0. The lowest BCUT2D eigenvalue weighted by molar-refractivity contribution is -0.139. The van der Waals surface area contributed by atoms with Crippen molar-refractivity contribution in [1.29, 1.82) is 5.26 Å². The molecule has 132 valence electrons. The maximum Gasteiger partial charge on any atom is 0.338 e. The third-order valence-corrected chi connectivity index (χ3v) is 4.33. The van der Waals surface area contributed by atoms with Gasteiger partial charge in [0, 0.05) is 5.56 Å². The quantitative estimate of drug-likeness (QED) is 0.735. The number of phenols is 1. The van der Waals surface area contributed by atoms with Crippen molar-refractivity contribution >= 4 is 21.9 Å². The van der Waals surface area contributed by atoms with Gasteiger partial charge in [-0.05, 0) is 41.9 Å². The van der Waals surface area contributed by atoms with Gasteiger partial charge in [-0.1, -0.05) is 0 Å². The highest BCUT2D eigenvalue weighted by Gasteiger charge is 2.38. The zero-order valence-corrected chi connectivity index (χ0v) is 15.5. The Hall–Kier alpha value is -2.66. The Balaban J connectivity index is 2.73. The molecule has 1 aromatic carbocycles. The van der Waals surface area contributed by atoms with Crippen molar-refractivity contribution < 1.29 is 24.1 Å². The molecule has 0 fully saturated rings. The maximum absolute atomic E-state index is 12.4. The molecule has 7 nitrogen and oxygen atoms in total. The van der Waals surface area contributed by atoms with Gasteiger partial charge in [0.05, 0.1) is 29.7 Å². The van der Waals surface area contributed by atoms with Crippen LogP contribution in [0.1, 0.15) is 25.3 Å². The molecule has 3 N–H and O–H groups in total. The molecule has 8 heteroatoms. The van der Waals surface area contributed by atoms with Crippen LogP contribution < -0.4 is 10.5 Å². The summed E-state index contributed by atoms with van der Waals surface area (Å²) in [5.74, 6) is -1.20. The second-order valence-corrected chi connectivity index (χ2v) is 6.02. The fourth-order valence-corrected chi connectivity index (χ4v) is 3.11. The molecule has 0 saturated carbocycles. The van der Waals surface area contributed by atoms with E-state index in [4.69, 9.17) is 19.9 Å². The maximum atomic E-state index is 12.4. The standard InChI is InChI=1S/C17H17BrN2O5/c1-4-24-17(22)14-8(2)25-16(20)10(7-19)15(14)9-5-13(23-3)11(18)6-12(9)21/h5-6,15,21H,4,20H2,1-3H3. The fraction of sp³-hybridized carbons (Fsp3) is 0.294. The molecule has 0 radical (unpaired) electrons. The van der Waals surface area contributed by atoms with Crippen LogP contribution in [0.15, 0.2) is 39.4 Å². The summed E-state index contributed by atoms with van der Waals surface area (Å²) in [6, 6.07) is 4.91. The topological polar surface area (TPSA) is 115 Å². The summed E-state index contributed by atoms with van der Waals surface area (Å²) in [6.45, 7) is 3.37. The van der Waals surface area contributed by atoms with E-state index in [0.717, 1.165) is 0 Å². The van der Waals surface area contributed by atoms with Gasteiger partial charge in [0.15, 0.2) is 0 Å². The van der Waals surface area contributed by atoms with Gasteiger partial charge in [-0.15, -0.1) is 0 Å². The zero-order valence-electron chi connectivity index (χ0n) is 13.9. The SMILES string of the molecule is CCOC(=O)C1=C(C)OC(N)=C(C#N)C1c1cc(OC)c(Br)cc1O. The van der Waals surface area contributed by atoms with Gasteiger partial charge in [-0.25, -0.2) is 4.79 Å². The number of hydrogen-bond donors (Lipinski definition) is 2. The highest BCUT2D eigenvalue weighted by molar-refractivity contribution is 9.10. The van der Waals surface area contributed by atoms with Crippen LogP contribution in [-0.2, 0) is 14.3 Å². The Kier molecular flexibility index (Phi) is 5.59. The Morgan fingerprint density at radius 2 is 2.20 bits per heavy atom. The number of esters is 1. The molecule has 1 atom stereocenters. The van der Waals surface area contributed by atoms with Gasteiger partial charge < -0.3 is 25.1 Å². The number of benzene rings is 1. The number of nitrogens with two attached hydrogens (primary N) is 1. The van der Waals surface area contributed by atoms with Crippen molar-refractivity contribution in [2.45, 2.75) is 19.8 Å². The van der Waals surface area contributed by atoms with E-state index in [9.17, 15) is 15.2 Å². The fourth-order valence-electron chi connectivity index (χ4n) is 2.61. The number of carbonyl (C=O) groups is 1. The second-order valence-electron chi connectivity index (χ2n) is 5.16. The summed E-state index contributed by atoms with van der Waals surface area (Å²) in [5, 5.41) is 19.9. The Morgan fingerprint density at radius 3 is 2.76 bits per heavy atom. The van der Waals surface area contributed by atoms with E-state index in [1.165, 1.54) is 19.2 Å².